The summed E-state index contributed by atoms with van der Waals surface area (Å²) in [6.45, 7) is 18.6. The molecule has 0 spiro atoms. The molecule has 0 aromatic heterocycles. The lowest BCUT2D eigenvalue weighted by atomic mass is 10.0. The van der Waals surface area contributed by atoms with Crippen LogP contribution in [0.3, 0.4) is 0 Å². The highest BCUT2D eigenvalue weighted by Gasteiger charge is 2.18. The molecule has 0 nitrogen and oxygen atoms in total. The zero-order chi connectivity index (χ0) is 19.9. The molecule has 0 aromatic carbocycles. The fourth-order valence-corrected chi connectivity index (χ4v) is 2.57. The smallest absolute Gasteiger partial charge is 0.00576 e. The molecule has 25 heavy (non-hydrogen) atoms. The minimum absolute atomic E-state index is 0.847. The van der Waals surface area contributed by atoms with Gasteiger partial charge >= 0.3 is 0 Å². The Labute approximate surface area is 161 Å². The minimum atomic E-state index is 0.847. The standard InChI is InChI=1S/C10H20.C8H16.C4H6.C3H6/c1-4-6-7-8-9-10(3)5-2;1-3-8-5-4-7(2)6-8;1-3-4-2;1-3-2/h6-7,10H,4-5,8-9H2,1-3H3;7-8H,3-6H2,1-2H3;1H,4H2,2H3;3H,1H2,2H3/b7-6-;;;. The highest BCUT2D eigenvalue weighted by molar-refractivity contribution is 4.80. The van der Waals surface area contributed by atoms with Gasteiger partial charge in [-0.3, -0.25) is 0 Å². The Morgan fingerprint density at radius 2 is 1.72 bits per heavy atom. The van der Waals surface area contributed by atoms with E-state index < -0.39 is 0 Å². The van der Waals surface area contributed by atoms with Gasteiger partial charge in [-0.1, -0.05) is 85.5 Å². The molecule has 1 aliphatic carbocycles. The average molecular weight is 349 g/mol. The molecule has 3 unspecified atom stereocenters. The van der Waals surface area contributed by atoms with Crippen LogP contribution in [0.1, 0.15) is 106 Å². The molecule has 0 heterocycles. The SMILES string of the molecule is C#CCC.C=CC.CC/C=C\CCC(C)CC.CCC1CCC(C)C1. The quantitative estimate of drug-likeness (QED) is 0.332. The summed E-state index contributed by atoms with van der Waals surface area (Å²) in [5.74, 6) is 5.44. The molecule has 0 heteroatoms. The summed E-state index contributed by atoms with van der Waals surface area (Å²) in [6, 6.07) is 0. The first-order chi connectivity index (χ1) is 12.0. The zero-order valence-electron chi connectivity index (χ0n) is 18.6. The Kier molecular flexibility index (Phi) is 29.2. The van der Waals surface area contributed by atoms with Gasteiger partial charge in [-0.25, -0.2) is 0 Å². The van der Waals surface area contributed by atoms with Gasteiger partial charge in [0.05, 0.1) is 0 Å². The zero-order valence-corrected chi connectivity index (χ0v) is 18.6. The van der Waals surface area contributed by atoms with Gasteiger partial charge in [0, 0.05) is 6.42 Å². The van der Waals surface area contributed by atoms with Gasteiger partial charge in [0.2, 0.25) is 0 Å². The van der Waals surface area contributed by atoms with Crippen LogP contribution in [0, 0.1) is 30.1 Å². The summed E-state index contributed by atoms with van der Waals surface area (Å²) in [6.07, 6.45) is 22.9. The van der Waals surface area contributed by atoms with Gasteiger partial charge < -0.3 is 0 Å². The summed E-state index contributed by atoms with van der Waals surface area (Å²) < 4.78 is 0. The molecule has 1 rings (SSSR count). The fraction of sp³-hybridized carbons (Fsp3) is 0.760. The van der Waals surface area contributed by atoms with E-state index in [0.29, 0.717) is 0 Å². The second-order valence-corrected chi connectivity index (χ2v) is 7.13. The van der Waals surface area contributed by atoms with Crippen LogP contribution in [0.25, 0.3) is 0 Å². The van der Waals surface area contributed by atoms with Crippen LogP contribution in [-0.2, 0) is 0 Å². The summed E-state index contributed by atoms with van der Waals surface area (Å²) in [4.78, 5) is 0. The third kappa shape index (κ3) is 28.1. The summed E-state index contributed by atoms with van der Waals surface area (Å²) in [5, 5.41) is 0. The molecule has 0 N–H and O–H groups in total. The molecule has 0 aromatic rings. The molecule has 0 saturated heterocycles. The van der Waals surface area contributed by atoms with Crippen LogP contribution in [0.4, 0.5) is 0 Å². The van der Waals surface area contributed by atoms with Crippen LogP contribution in [0.5, 0.6) is 0 Å². The molecule has 1 fully saturated rings. The summed E-state index contributed by atoms with van der Waals surface area (Å²) in [7, 11) is 0. The second kappa shape index (κ2) is 25.3. The van der Waals surface area contributed by atoms with Crippen molar-refractivity contribution in [2.24, 2.45) is 17.8 Å². The largest absolute Gasteiger partial charge is 0.120 e. The van der Waals surface area contributed by atoms with Crippen molar-refractivity contribution in [3.8, 4) is 12.3 Å². The second-order valence-electron chi connectivity index (χ2n) is 7.13. The maximum absolute atomic E-state index is 4.78. The van der Waals surface area contributed by atoms with Crippen molar-refractivity contribution in [2.45, 2.75) is 106 Å². The normalized spacial score (nSPS) is 19.3. The molecule has 0 radical (unpaired) electrons. The van der Waals surface area contributed by atoms with Crippen molar-refractivity contribution >= 4 is 0 Å². The molecule has 3 atom stereocenters. The van der Waals surface area contributed by atoms with E-state index in [1.807, 2.05) is 13.8 Å². The molecule has 0 aliphatic heterocycles. The lowest BCUT2D eigenvalue weighted by molar-refractivity contribution is 0.501. The lowest BCUT2D eigenvalue weighted by Gasteiger charge is -2.03. The highest BCUT2D eigenvalue weighted by atomic mass is 14.2. The molecular weight excluding hydrogens is 300 g/mol. The van der Waals surface area contributed by atoms with Crippen LogP contribution in [-0.4, -0.2) is 0 Å². The Morgan fingerprint density at radius 3 is 2.00 bits per heavy atom. The summed E-state index contributed by atoms with van der Waals surface area (Å²) >= 11 is 0. The Morgan fingerprint density at radius 1 is 1.16 bits per heavy atom. The molecular formula is C25H48. The maximum Gasteiger partial charge on any atom is 0.00576 e. The number of hydrogen-bond acceptors (Lipinski definition) is 0. The van der Waals surface area contributed by atoms with Crippen molar-refractivity contribution in [2.75, 3.05) is 0 Å². The first-order valence-electron chi connectivity index (χ1n) is 10.6. The third-order valence-electron chi connectivity index (χ3n) is 4.51. The monoisotopic (exact) mass is 348 g/mol. The first-order valence-corrected chi connectivity index (χ1v) is 10.6. The fourth-order valence-electron chi connectivity index (χ4n) is 2.57. The third-order valence-corrected chi connectivity index (χ3v) is 4.51. The van der Waals surface area contributed by atoms with E-state index in [1.165, 1.54) is 51.4 Å². The molecule has 0 bridgehead atoms. The van der Waals surface area contributed by atoms with Gasteiger partial charge in [0.25, 0.3) is 0 Å². The number of hydrogen-bond donors (Lipinski definition) is 0. The van der Waals surface area contributed by atoms with E-state index >= 15 is 0 Å². The van der Waals surface area contributed by atoms with E-state index in [2.05, 4.69) is 59.3 Å². The lowest BCUT2D eigenvalue weighted by Crippen LogP contribution is -1.89. The topological polar surface area (TPSA) is 0 Å². The number of allylic oxidation sites excluding steroid dienone is 3. The average Bonchev–Trinajstić information content (AvgIpc) is 3.05. The van der Waals surface area contributed by atoms with Gasteiger partial charge in [-0.05, 0) is 50.4 Å². The maximum atomic E-state index is 4.78. The van der Waals surface area contributed by atoms with E-state index in [0.717, 1.165) is 24.2 Å². The Balaban J connectivity index is -0.000000287. The number of rotatable bonds is 6. The molecule has 0 amide bonds. The van der Waals surface area contributed by atoms with Crippen LogP contribution in [0.2, 0.25) is 0 Å². The van der Waals surface area contributed by atoms with E-state index in [4.69, 9.17) is 6.42 Å². The molecule has 148 valence electrons. The van der Waals surface area contributed by atoms with Crippen molar-refractivity contribution in [3.63, 3.8) is 0 Å². The summed E-state index contributed by atoms with van der Waals surface area (Å²) in [5.41, 5.74) is 0. The van der Waals surface area contributed by atoms with Gasteiger partial charge in [0.1, 0.15) is 0 Å². The van der Waals surface area contributed by atoms with E-state index in [-0.39, 0.29) is 0 Å². The Hall–Kier alpha value is -0.960. The van der Waals surface area contributed by atoms with E-state index in [1.54, 1.807) is 6.08 Å². The minimum Gasteiger partial charge on any atom is -0.120 e. The molecule has 1 aliphatic rings. The van der Waals surface area contributed by atoms with E-state index in [9.17, 15) is 0 Å². The van der Waals surface area contributed by atoms with Crippen molar-refractivity contribution in [1.29, 1.82) is 0 Å². The predicted octanol–water partition coefficient (Wildman–Crippen LogP) is 8.83. The van der Waals surface area contributed by atoms with Gasteiger partial charge in [-0.15, -0.1) is 18.9 Å². The highest BCUT2D eigenvalue weighted by Crippen LogP contribution is 2.31. The van der Waals surface area contributed by atoms with Gasteiger partial charge in [-0.2, -0.15) is 0 Å². The van der Waals surface area contributed by atoms with Crippen molar-refractivity contribution in [3.05, 3.63) is 24.8 Å². The Bertz CT molecular complexity index is 304. The van der Waals surface area contributed by atoms with Crippen molar-refractivity contribution < 1.29 is 0 Å². The first kappa shape index (κ1) is 28.8. The van der Waals surface area contributed by atoms with Crippen LogP contribution < -0.4 is 0 Å². The van der Waals surface area contributed by atoms with Gasteiger partial charge in [0.15, 0.2) is 0 Å². The van der Waals surface area contributed by atoms with Crippen molar-refractivity contribution in [1.82, 2.24) is 0 Å². The van der Waals surface area contributed by atoms with Crippen LogP contribution >= 0.6 is 0 Å². The predicted molar refractivity (Wildman–Crippen MR) is 120 cm³/mol. The molecule has 1 saturated carbocycles. The van der Waals surface area contributed by atoms with Crippen LogP contribution in [0.15, 0.2) is 24.8 Å². The number of terminal acetylenes is 1.